The molecule has 0 saturated carbocycles. The van der Waals surface area contributed by atoms with Crippen LogP contribution in [0.25, 0.3) is 0 Å². The summed E-state index contributed by atoms with van der Waals surface area (Å²) >= 11 is 0. The molecule has 0 spiro atoms. The summed E-state index contributed by atoms with van der Waals surface area (Å²) < 4.78 is 16.9. The monoisotopic (exact) mass is 1070 g/mol. The van der Waals surface area contributed by atoms with Gasteiger partial charge in [-0.25, -0.2) is 0 Å². The summed E-state index contributed by atoms with van der Waals surface area (Å²) in [7, 11) is 0. The van der Waals surface area contributed by atoms with Crippen LogP contribution in [0.1, 0.15) is 316 Å². The lowest BCUT2D eigenvalue weighted by Crippen LogP contribution is -2.30. The van der Waals surface area contributed by atoms with Crippen molar-refractivity contribution in [1.29, 1.82) is 0 Å². The Morgan fingerprint density at radius 2 is 0.506 bits per heavy atom. The van der Waals surface area contributed by atoms with Crippen molar-refractivity contribution < 1.29 is 28.6 Å². The molecule has 0 bridgehead atoms. The standard InChI is InChI=1S/C71H122O6/c1-4-7-10-13-16-19-22-24-26-27-28-29-30-31-32-33-34-35-36-37-38-39-40-41-42-43-44-45-46-48-49-52-55-58-61-64-70(73)76-67-68(66-75-69(72)63-60-57-54-51-21-18-15-12-9-6-3)77-71(74)65-62-59-56-53-50-47-25-23-20-17-14-11-8-5-2/h7,10,16,19,23-26,28-29,31-32,34-35,37-38,68H,4-6,8-9,11-15,17-18,20-22,27,30,33,36,39-67H2,1-3H3/b10-7-,19-16-,25-23-,26-24-,29-28-,32-31-,35-34-,38-37-. The average Bonchev–Trinajstić information content (AvgIpc) is 3.43. The van der Waals surface area contributed by atoms with Gasteiger partial charge in [-0.05, 0) is 103 Å². The van der Waals surface area contributed by atoms with Crippen molar-refractivity contribution in [2.24, 2.45) is 0 Å². The summed E-state index contributed by atoms with van der Waals surface area (Å²) in [6.07, 6.45) is 87.2. The topological polar surface area (TPSA) is 78.9 Å². The number of unbranched alkanes of at least 4 members (excludes halogenated alkanes) is 32. The van der Waals surface area contributed by atoms with Crippen LogP contribution < -0.4 is 0 Å². The highest BCUT2D eigenvalue weighted by Crippen LogP contribution is 2.16. The Morgan fingerprint density at radius 3 is 0.805 bits per heavy atom. The molecule has 0 aromatic rings. The molecule has 0 aliphatic heterocycles. The molecule has 6 nitrogen and oxygen atoms in total. The van der Waals surface area contributed by atoms with Crippen molar-refractivity contribution in [2.45, 2.75) is 322 Å². The normalized spacial score (nSPS) is 12.7. The quantitative estimate of drug-likeness (QED) is 0.0261. The Morgan fingerprint density at radius 1 is 0.273 bits per heavy atom. The maximum Gasteiger partial charge on any atom is 0.306 e. The molecular weight excluding hydrogens is 949 g/mol. The van der Waals surface area contributed by atoms with Gasteiger partial charge in [-0.1, -0.05) is 291 Å². The van der Waals surface area contributed by atoms with Gasteiger partial charge in [-0.2, -0.15) is 0 Å². The number of rotatable bonds is 59. The summed E-state index contributed by atoms with van der Waals surface area (Å²) in [5, 5.41) is 0. The Balaban J connectivity index is 4.10. The maximum atomic E-state index is 12.8. The Labute approximate surface area is 477 Å². The second-order valence-electron chi connectivity index (χ2n) is 21.6. The minimum atomic E-state index is -0.778. The zero-order valence-electron chi connectivity index (χ0n) is 50.7. The Kier molecular flexibility index (Phi) is 61.8. The zero-order chi connectivity index (χ0) is 55.7. The highest BCUT2D eigenvalue weighted by molar-refractivity contribution is 5.71. The van der Waals surface area contributed by atoms with Crippen LogP contribution in [-0.2, 0) is 28.6 Å². The van der Waals surface area contributed by atoms with E-state index in [4.69, 9.17) is 14.2 Å². The van der Waals surface area contributed by atoms with E-state index >= 15 is 0 Å². The molecular formula is C71H122O6. The third-order valence-corrected chi connectivity index (χ3v) is 14.1. The molecule has 442 valence electrons. The molecule has 0 N–H and O–H groups in total. The number of hydrogen-bond donors (Lipinski definition) is 0. The number of hydrogen-bond acceptors (Lipinski definition) is 6. The summed E-state index contributed by atoms with van der Waals surface area (Å²) in [6, 6.07) is 0. The minimum Gasteiger partial charge on any atom is -0.462 e. The van der Waals surface area contributed by atoms with E-state index in [2.05, 4.69) is 118 Å². The van der Waals surface area contributed by atoms with E-state index in [-0.39, 0.29) is 31.1 Å². The average molecular weight is 1070 g/mol. The number of carbonyl (C=O) groups excluding carboxylic acids is 3. The van der Waals surface area contributed by atoms with Gasteiger partial charge in [-0.15, -0.1) is 0 Å². The molecule has 1 unspecified atom stereocenters. The van der Waals surface area contributed by atoms with Crippen LogP contribution in [-0.4, -0.2) is 37.2 Å². The number of esters is 3. The van der Waals surface area contributed by atoms with Gasteiger partial charge in [0.25, 0.3) is 0 Å². The fourth-order valence-electron chi connectivity index (χ4n) is 9.18. The van der Waals surface area contributed by atoms with E-state index in [1.54, 1.807) is 0 Å². The summed E-state index contributed by atoms with van der Waals surface area (Å²) in [6.45, 7) is 6.52. The van der Waals surface area contributed by atoms with E-state index in [0.717, 1.165) is 116 Å². The van der Waals surface area contributed by atoms with Crippen LogP contribution in [0, 0.1) is 0 Å². The second kappa shape index (κ2) is 64.9. The highest BCUT2D eigenvalue weighted by Gasteiger charge is 2.19. The van der Waals surface area contributed by atoms with E-state index < -0.39 is 6.10 Å². The van der Waals surface area contributed by atoms with E-state index in [1.807, 2.05) is 0 Å². The smallest absolute Gasteiger partial charge is 0.306 e. The first-order valence-electron chi connectivity index (χ1n) is 32.7. The maximum absolute atomic E-state index is 12.8. The molecule has 0 aliphatic rings. The molecule has 0 rings (SSSR count). The molecule has 6 heteroatoms. The first-order valence-corrected chi connectivity index (χ1v) is 32.7. The van der Waals surface area contributed by atoms with Crippen molar-refractivity contribution in [1.82, 2.24) is 0 Å². The van der Waals surface area contributed by atoms with Gasteiger partial charge < -0.3 is 14.2 Å². The SMILES string of the molecule is CC/C=C\C/C=C\C/C=C\C/C=C\C/C=C\C/C=C\C/C=C\CCCCCCCCCCCCCCCC(=O)OCC(COC(=O)CCCCCCCCCCCC)OC(=O)CCCCCCC/C=C\CCCCCCC. The van der Waals surface area contributed by atoms with Crippen molar-refractivity contribution in [2.75, 3.05) is 13.2 Å². The Hall–Kier alpha value is -3.67. The predicted molar refractivity (Wildman–Crippen MR) is 334 cm³/mol. The summed E-state index contributed by atoms with van der Waals surface area (Å²) in [5.74, 6) is -0.878. The number of ether oxygens (including phenoxy) is 3. The molecule has 77 heavy (non-hydrogen) atoms. The third-order valence-electron chi connectivity index (χ3n) is 14.1. The lowest BCUT2D eigenvalue weighted by atomic mass is 10.0. The third kappa shape index (κ3) is 63.0. The van der Waals surface area contributed by atoms with Crippen LogP contribution in [0.2, 0.25) is 0 Å². The highest BCUT2D eigenvalue weighted by atomic mass is 16.6. The molecule has 0 aliphatic carbocycles. The van der Waals surface area contributed by atoms with Crippen LogP contribution in [0.3, 0.4) is 0 Å². The number of carbonyl (C=O) groups is 3. The summed E-state index contributed by atoms with van der Waals surface area (Å²) in [4.78, 5) is 38.1. The summed E-state index contributed by atoms with van der Waals surface area (Å²) in [5.41, 5.74) is 0. The van der Waals surface area contributed by atoms with Crippen molar-refractivity contribution in [3.05, 3.63) is 97.2 Å². The molecule has 0 amide bonds. The fraction of sp³-hybridized carbons (Fsp3) is 0.732. The van der Waals surface area contributed by atoms with E-state index in [0.29, 0.717) is 19.3 Å². The largest absolute Gasteiger partial charge is 0.462 e. The zero-order valence-corrected chi connectivity index (χ0v) is 50.7. The van der Waals surface area contributed by atoms with Crippen molar-refractivity contribution in [3.63, 3.8) is 0 Å². The van der Waals surface area contributed by atoms with E-state index in [1.165, 1.54) is 161 Å². The minimum absolute atomic E-state index is 0.0764. The molecule has 0 fully saturated rings. The van der Waals surface area contributed by atoms with Crippen molar-refractivity contribution >= 4 is 17.9 Å². The fourth-order valence-corrected chi connectivity index (χ4v) is 9.18. The van der Waals surface area contributed by atoms with Gasteiger partial charge in [-0.3, -0.25) is 14.4 Å². The molecule has 0 aromatic carbocycles. The molecule has 0 aromatic heterocycles. The van der Waals surface area contributed by atoms with Crippen LogP contribution >= 0.6 is 0 Å². The van der Waals surface area contributed by atoms with Gasteiger partial charge in [0.1, 0.15) is 13.2 Å². The van der Waals surface area contributed by atoms with Crippen LogP contribution in [0.5, 0.6) is 0 Å². The molecule has 1 atom stereocenters. The van der Waals surface area contributed by atoms with Crippen LogP contribution in [0.4, 0.5) is 0 Å². The predicted octanol–water partition coefficient (Wildman–Crippen LogP) is 22.4. The van der Waals surface area contributed by atoms with Gasteiger partial charge in [0.15, 0.2) is 6.10 Å². The molecule has 0 saturated heterocycles. The lowest BCUT2D eigenvalue weighted by Gasteiger charge is -2.18. The molecule has 0 radical (unpaired) electrons. The van der Waals surface area contributed by atoms with Gasteiger partial charge in [0, 0.05) is 19.3 Å². The second-order valence-corrected chi connectivity index (χ2v) is 21.6. The first-order chi connectivity index (χ1) is 38.0. The van der Waals surface area contributed by atoms with Gasteiger partial charge >= 0.3 is 17.9 Å². The van der Waals surface area contributed by atoms with E-state index in [9.17, 15) is 14.4 Å². The van der Waals surface area contributed by atoms with Gasteiger partial charge in [0.05, 0.1) is 0 Å². The van der Waals surface area contributed by atoms with Crippen LogP contribution in [0.15, 0.2) is 97.2 Å². The lowest BCUT2D eigenvalue weighted by molar-refractivity contribution is -0.167. The first kappa shape index (κ1) is 73.3. The van der Waals surface area contributed by atoms with Gasteiger partial charge in [0.2, 0.25) is 0 Å². The number of allylic oxidation sites excluding steroid dienone is 16. The molecule has 0 heterocycles. The van der Waals surface area contributed by atoms with Crippen molar-refractivity contribution in [3.8, 4) is 0 Å². The Bertz CT molecular complexity index is 1510.